The van der Waals surface area contributed by atoms with E-state index in [1.807, 2.05) is 6.07 Å². The van der Waals surface area contributed by atoms with Crippen LogP contribution in [0.4, 0.5) is 11.4 Å². The highest BCUT2D eigenvalue weighted by Gasteiger charge is 2.34. The number of methoxy groups -OCH3 is 1. The van der Waals surface area contributed by atoms with Gasteiger partial charge in [0.05, 0.1) is 7.11 Å². The van der Waals surface area contributed by atoms with Crippen LogP contribution in [0.25, 0.3) is 0 Å². The molecule has 1 heterocycles. The molecule has 0 spiro atoms. The van der Waals surface area contributed by atoms with E-state index in [0.717, 1.165) is 0 Å². The molecule has 0 radical (unpaired) electrons. The van der Waals surface area contributed by atoms with Crippen molar-refractivity contribution in [2.45, 2.75) is 13.0 Å². The number of Topliss-reactive ketones (excluding diaryl/α,β-unsaturated/α-hetero) is 1. The molecule has 8 heteroatoms. The second-order valence-electron chi connectivity index (χ2n) is 6.17. The number of hydrogen-bond donors (Lipinski definition) is 2. The van der Waals surface area contributed by atoms with Crippen LogP contribution < -0.4 is 15.4 Å². The number of rotatable bonds is 7. The molecule has 2 N–H and O–H groups in total. The fraction of sp³-hybridized carbons (Fsp3) is 0.190. The number of nitrogens with one attached hydrogen (secondary N) is 2. The molecule has 1 amide bonds. The maximum atomic E-state index is 12.5. The van der Waals surface area contributed by atoms with Gasteiger partial charge >= 0.3 is 5.97 Å². The van der Waals surface area contributed by atoms with Gasteiger partial charge in [0.2, 0.25) is 11.7 Å². The normalized spacial score (nSPS) is 14.1. The molecule has 1 aliphatic rings. The van der Waals surface area contributed by atoms with Gasteiger partial charge in [0.1, 0.15) is 5.75 Å². The fourth-order valence-corrected chi connectivity index (χ4v) is 2.56. The molecule has 3 rings (SSSR count). The van der Waals surface area contributed by atoms with Gasteiger partial charge in [0.25, 0.3) is 5.91 Å². The van der Waals surface area contributed by atoms with Gasteiger partial charge in [0, 0.05) is 11.4 Å². The van der Waals surface area contributed by atoms with E-state index in [9.17, 15) is 14.4 Å². The van der Waals surface area contributed by atoms with Crippen molar-refractivity contribution in [1.29, 1.82) is 0 Å². The maximum Gasteiger partial charge on any atom is 0.348 e. The van der Waals surface area contributed by atoms with E-state index in [2.05, 4.69) is 10.6 Å². The zero-order valence-corrected chi connectivity index (χ0v) is 15.9. The van der Waals surface area contributed by atoms with E-state index in [1.165, 1.54) is 6.92 Å². The molecule has 0 saturated heterocycles. The number of carbonyl (C=O) groups is 3. The summed E-state index contributed by atoms with van der Waals surface area (Å²) in [5.74, 6) is -1.32. The smallest absolute Gasteiger partial charge is 0.348 e. The lowest BCUT2D eigenvalue weighted by Crippen LogP contribution is -2.31. The molecule has 0 saturated carbocycles. The van der Waals surface area contributed by atoms with Crippen LogP contribution in [-0.4, -0.2) is 37.5 Å². The largest absolute Gasteiger partial charge is 0.497 e. The first-order valence-corrected chi connectivity index (χ1v) is 8.86. The molecule has 0 bridgehead atoms. The van der Waals surface area contributed by atoms with Crippen molar-refractivity contribution in [2.24, 2.45) is 0 Å². The van der Waals surface area contributed by atoms with Crippen LogP contribution in [0, 0.1) is 0 Å². The third-order valence-corrected chi connectivity index (χ3v) is 4.10. The summed E-state index contributed by atoms with van der Waals surface area (Å²) in [5.41, 5.74) is 0.912. The van der Waals surface area contributed by atoms with Gasteiger partial charge in [-0.3, -0.25) is 9.59 Å². The third-order valence-electron chi connectivity index (χ3n) is 4.10. The number of esters is 1. The molecular weight excluding hydrogens is 376 g/mol. The Kier molecular flexibility index (Phi) is 6.13. The van der Waals surface area contributed by atoms with E-state index >= 15 is 0 Å². The summed E-state index contributed by atoms with van der Waals surface area (Å²) >= 11 is 0. The van der Waals surface area contributed by atoms with Crippen LogP contribution in [0.2, 0.25) is 0 Å². The standard InChI is InChI=1S/C21H20N2O6/c1-13(19(25)22-15-8-10-16(27-2)11-9-15)29-21(26)18-17(24)12-28-20(18)23-14-6-4-3-5-7-14/h3-11,13,23H,12H2,1-2H3,(H,22,25)/t13-/m0/s1. The zero-order valence-electron chi connectivity index (χ0n) is 15.9. The van der Waals surface area contributed by atoms with Gasteiger partial charge in [0.15, 0.2) is 18.3 Å². The van der Waals surface area contributed by atoms with Crippen molar-refractivity contribution in [2.75, 3.05) is 24.4 Å². The molecule has 2 aromatic rings. The summed E-state index contributed by atoms with van der Waals surface area (Å²) in [7, 11) is 1.54. The molecule has 0 aromatic heterocycles. The predicted octanol–water partition coefficient (Wildman–Crippen LogP) is 2.49. The maximum absolute atomic E-state index is 12.5. The van der Waals surface area contributed by atoms with Crippen LogP contribution in [-0.2, 0) is 23.9 Å². The number of benzene rings is 2. The van der Waals surface area contributed by atoms with Crippen molar-refractivity contribution >= 4 is 29.0 Å². The van der Waals surface area contributed by atoms with Crippen molar-refractivity contribution in [3.05, 3.63) is 66.1 Å². The highest BCUT2D eigenvalue weighted by atomic mass is 16.6. The number of anilines is 2. The average molecular weight is 396 g/mol. The van der Waals surface area contributed by atoms with Crippen molar-refractivity contribution < 1.29 is 28.6 Å². The summed E-state index contributed by atoms with van der Waals surface area (Å²) in [6, 6.07) is 15.6. The lowest BCUT2D eigenvalue weighted by Gasteiger charge is -2.14. The summed E-state index contributed by atoms with van der Waals surface area (Å²) in [6.45, 7) is 1.15. The summed E-state index contributed by atoms with van der Waals surface area (Å²) in [6.07, 6.45) is -1.12. The minimum Gasteiger partial charge on any atom is -0.497 e. The Morgan fingerprint density at radius 3 is 2.38 bits per heavy atom. The number of para-hydroxylation sites is 1. The monoisotopic (exact) mass is 396 g/mol. The van der Waals surface area contributed by atoms with Gasteiger partial charge in [-0.05, 0) is 43.3 Å². The number of ether oxygens (including phenoxy) is 3. The quantitative estimate of drug-likeness (QED) is 0.547. The van der Waals surface area contributed by atoms with Crippen LogP contribution in [0.15, 0.2) is 66.1 Å². The topological polar surface area (TPSA) is 103 Å². The number of ketones is 1. The average Bonchev–Trinajstić information content (AvgIpc) is 3.09. The minimum atomic E-state index is -1.12. The second kappa shape index (κ2) is 8.92. The molecule has 0 unspecified atom stereocenters. The Morgan fingerprint density at radius 2 is 1.72 bits per heavy atom. The van der Waals surface area contributed by atoms with E-state index in [-0.39, 0.29) is 18.1 Å². The second-order valence-corrected chi connectivity index (χ2v) is 6.17. The first kappa shape index (κ1) is 19.9. The number of hydrogen-bond acceptors (Lipinski definition) is 7. The molecule has 2 aromatic carbocycles. The molecular formula is C21H20N2O6. The molecule has 8 nitrogen and oxygen atoms in total. The summed E-state index contributed by atoms with van der Waals surface area (Å²) in [5, 5.41) is 5.51. The highest BCUT2D eigenvalue weighted by Crippen LogP contribution is 2.21. The fourth-order valence-electron chi connectivity index (χ4n) is 2.56. The number of amides is 1. The van der Waals surface area contributed by atoms with Crippen LogP contribution in [0.3, 0.4) is 0 Å². The van der Waals surface area contributed by atoms with Crippen molar-refractivity contribution in [3.8, 4) is 5.75 Å². The van der Waals surface area contributed by atoms with Crippen molar-refractivity contribution in [3.63, 3.8) is 0 Å². The van der Waals surface area contributed by atoms with Crippen LogP contribution in [0.1, 0.15) is 6.92 Å². The lowest BCUT2D eigenvalue weighted by molar-refractivity contribution is -0.150. The van der Waals surface area contributed by atoms with Gasteiger partial charge in [-0.15, -0.1) is 0 Å². The zero-order chi connectivity index (χ0) is 20.8. The molecule has 1 aliphatic heterocycles. The predicted molar refractivity (Wildman–Crippen MR) is 105 cm³/mol. The Morgan fingerprint density at radius 1 is 1.03 bits per heavy atom. The lowest BCUT2D eigenvalue weighted by atomic mass is 10.2. The Labute approximate surface area is 167 Å². The molecule has 150 valence electrons. The molecule has 0 aliphatic carbocycles. The minimum absolute atomic E-state index is 0.00830. The van der Waals surface area contributed by atoms with E-state index in [1.54, 1.807) is 55.6 Å². The van der Waals surface area contributed by atoms with Gasteiger partial charge in [-0.1, -0.05) is 18.2 Å². The van der Waals surface area contributed by atoms with Gasteiger partial charge in [-0.2, -0.15) is 0 Å². The molecule has 29 heavy (non-hydrogen) atoms. The first-order valence-electron chi connectivity index (χ1n) is 8.86. The molecule has 0 fully saturated rings. The Bertz CT molecular complexity index is 937. The van der Waals surface area contributed by atoms with E-state index in [0.29, 0.717) is 17.1 Å². The SMILES string of the molecule is COc1ccc(NC(=O)[C@H](C)OC(=O)C2=C(Nc3ccccc3)OCC2=O)cc1. The van der Waals surface area contributed by atoms with Crippen LogP contribution >= 0.6 is 0 Å². The van der Waals surface area contributed by atoms with Gasteiger partial charge < -0.3 is 24.8 Å². The van der Waals surface area contributed by atoms with E-state index in [4.69, 9.17) is 14.2 Å². The van der Waals surface area contributed by atoms with E-state index < -0.39 is 23.8 Å². The first-order chi connectivity index (χ1) is 14.0. The Balaban J connectivity index is 1.65. The summed E-state index contributed by atoms with van der Waals surface area (Å²) in [4.78, 5) is 36.9. The highest BCUT2D eigenvalue weighted by molar-refractivity contribution is 6.20. The van der Waals surface area contributed by atoms with Gasteiger partial charge in [-0.25, -0.2) is 4.79 Å². The van der Waals surface area contributed by atoms with Crippen molar-refractivity contribution in [1.82, 2.24) is 0 Å². The van der Waals surface area contributed by atoms with Crippen LogP contribution in [0.5, 0.6) is 5.75 Å². The number of carbonyl (C=O) groups excluding carboxylic acids is 3. The molecule has 1 atom stereocenters. The Hall–Kier alpha value is -3.81. The third kappa shape index (κ3) is 4.92. The summed E-state index contributed by atoms with van der Waals surface area (Å²) < 4.78 is 15.5.